The zero-order valence-electron chi connectivity index (χ0n) is 8.73. The minimum atomic E-state index is 0.355. The summed E-state index contributed by atoms with van der Waals surface area (Å²) in [7, 11) is 1.94. The minimum Gasteiger partial charge on any atom is -0.372 e. The van der Waals surface area contributed by atoms with Crippen molar-refractivity contribution < 1.29 is 4.74 Å². The number of aryl methyl sites for hydroxylation is 2. The van der Waals surface area contributed by atoms with E-state index in [1.165, 1.54) is 0 Å². The summed E-state index contributed by atoms with van der Waals surface area (Å²) in [6.07, 6.45) is 2.36. The summed E-state index contributed by atoms with van der Waals surface area (Å²) in [5.41, 5.74) is 7.84. The van der Waals surface area contributed by atoms with Crippen LogP contribution in [0.1, 0.15) is 24.2 Å². The van der Waals surface area contributed by atoms with Crippen molar-refractivity contribution in [3.8, 4) is 0 Å². The molecule has 4 heteroatoms. The molecule has 0 spiro atoms. The maximum atomic E-state index is 5.69. The summed E-state index contributed by atoms with van der Waals surface area (Å²) in [6.45, 7) is 2.64. The van der Waals surface area contributed by atoms with Crippen LogP contribution in [0, 0.1) is 6.92 Å². The van der Waals surface area contributed by atoms with Crippen molar-refractivity contribution in [3.63, 3.8) is 0 Å². The molecular formula is C10H17N3O. The van der Waals surface area contributed by atoms with E-state index in [1.54, 1.807) is 0 Å². The lowest BCUT2D eigenvalue weighted by molar-refractivity contribution is -0.0212. The highest BCUT2D eigenvalue weighted by molar-refractivity contribution is 5.07. The first kappa shape index (κ1) is 9.68. The van der Waals surface area contributed by atoms with E-state index < -0.39 is 0 Å². The third-order valence-corrected chi connectivity index (χ3v) is 2.70. The average Bonchev–Trinajstić information content (AvgIpc) is 2.37. The molecule has 0 atom stereocenters. The summed E-state index contributed by atoms with van der Waals surface area (Å²) in [6, 6.07) is 2.41. The number of rotatable bonds is 3. The number of ether oxygens (including phenoxy) is 1. The Morgan fingerprint density at radius 2 is 2.36 bits per heavy atom. The quantitative estimate of drug-likeness (QED) is 0.773. The van der Waals surface area contributed by atoms with Crippen molar-refractivity contribution in [1.29, 1.82) is 0 Å². The van der Waals surface area contributed by atoms with Gasteiger partial charge in [0.2, 0.25) is 0 Å². The fourth-order valence-electron chi connectivity index (χ4n) is 1.74. The topological polar surface area (TPSA) is 53.1 Å². The highest BCUT2D eigenvalue weighted by atomic mass is 16.5. The maximum Gasteiger partial charge on any atom is 0.0888 e. The Kier molecular flexibility index (Phi) is 2.56. The summed E-state index contributed by atoms with van der Waals surface area (Å²) in [4.78, 5) is 0. The van der Waals surface area contributed by atoms with Crippen LogP contribution >= 0.6 is 0 Å². The first-order valence-electron chi connectivity index (χ1n) is 5.02. The first-order chi connectivity index (χ1) is 6.65. The number of aromatic nitrogens is 2. The van der Waals surface area contributed by atoms with Crippen LogP contribution in [0.4, 0.5) is 0 Å². The van der Waals surface area contributed by atoms with E-state index in [2.05, 4.69) is 11.2 Å². The molecule has 2 rings (SSSR count). The molecule has 1 aromatic rings. The largest absolute Gasteiger partial charge is 0.372 e. The van der Waals surface area contributed by atoms with Crippen LogP contribution in [0.25, 0.3) is 0 Å². The number of hydrogen-bond donors (Lipinski definition) is 1. The highest BCUT2D eigenvalue weighted by Crippen LogP contribution is 2.22. The molecule has 1 saturated carbocycles. The van der Waals surface area contributed by atoms with Crippen molar-refractivity contribution in [2.45, 2.75) is 38.5 Å². The molecule has 0 radical (unpaired) electrons. The average molecular weight is 195 g/mol. The molecule has 4 nitrogen and oxygen atoms in total. The molecule has 0 aliphatic heterocycles. The van der Waals surface area contributed by atoms with Gasteiger partial charge in [-0.05, 0) is 25.8 Å². The number of nitrogens with zero attached hydrogens (tertiary/aromatic N) is 2. The van der Waals surface area contributed by atoms with Crippen LogP contribution in [0.15, 0.2) is 6.07 Å². The number of nitrogens with two attached hydrogens (primary N) is 1. The van der Waals surface area contributed by atoms with Gasteiger partial charge in [-0.15, -0.1) is 0 Å². The fourth-order valence-corrected chi connectivity index (χ4v) is 1.74. The molecule has 0 amide bonds. The predicted molar refractivity (Wildman–Crippen MR) is 53.7 cm³/mol. The zero-order chi connectivity index (χ0) is 10.1. The van der Waals surface area contributed by atoms with Crippen LogP contribution in [-0.4, -0.2) is 21.9 Å². The standard InChI is InChI=1S/C10H17N3O/c1-7-3-9(13(2)12-7)6-14-10-4-8(11)5-10/h3,8,10H,4-6,11H2,1-2H3. The molecule has 1 heterocycles. The number of hydrogen-bond acceptors (Lipinski definition) is 3. The highest BCUT2D eigenvalue weighted by Gasteiger charge is 2.26. The lowest BCUT2D eigenvalue weighted by Gasteiger charge is -2.32. The van der Waals surface area contributed by atoms with Gasteiger partial charge in [0.25, 0.3) is 0 Å². The molecule has 0 unspecified atom stereocenters. The Hall–Kier alpha value is -0.870. The molecule has 2 N–H and O–H groups in total. The molecule has 14 heavy (non-hydrogen) atoms. The zero-order valence-corrected chi connectivity index (χ0v) is 8.73. The van der Waals surface area contributed by atoms with Gasteiger partial charge >= 0.3 is 0 Å². The Bertz CT molecular complexity index is 315. The first-order valence-corrected chi connectivity index (χ1v) is 5.02. The van der Waals surface area contributed by atoms with E-state index in [0.29, 0.717) is 18.8 Å². The predicted octanol–water partition coefficient (Wildman–Crippen LogP) is 0.735. The Morgan fingerprint density at radius 3 is 2.86 bits per heavy atom. The van der Waals surface area contributed by atoms with Crippen molar-refractivity contribution in [1.82, 2.24) is 9.78 Å². The molecular weight excluding hydrogens is 178 g/mol. The van der Waals surface area contributed by atoms with E-state index in [4.69, 9.17) is 10.5 Å². The SMILES string of the molecule is Cc1cc(COC2CC(N)C2)n(C)n1. The van der Waals surface area contributed by atoms with Crippen LogP contribution in [0.5, 0.6) is 0 Å². The Morgan fingerprint density at radius 1 is 1.64 bits per heavy atom. The van der Waals surface area contributed by atoms with E-state index >= 15 is 0 Å². The lowest BCUT2D eigenvalue weighted by Crippen LogP contribution is -2.41. The van der Waals surface area contributed by atoms with Gasteiger partial charge in [0.05, 0.1) is 24.1 Å². The van der Waals surface area contributed by atoms with Gasteiger partial charge in [0.1, 0.15) is 0 Å². The second-order valence-electron chi connectivity index (χ2n) is 4.07. The van der Waals surface area contributed by atoms with Gasteiger partial charge in [-0.25, -0.2) is 0 Å². The molecule has 1 aliphatic rings. The lowest BCUT2D eigenvalue weighted by atomic mass is 9.90. The molecule has 78 valence electrons. The molecule has 0 bridgehead atoms. The van der Waals surface area contributed by atoms with Crippen molar-refractivity contribution in [2.24, 2.45) is 12.8 Å². The second kappa shape index (κ2) is 3.71. The summed E-state index contributed by atoms with van der Waals surface area (Å²) in [5.74, 6) is 0. The van der Waals surface area contributed by atoms with Gasteiger partial charge in [0.15, 0.2) is 0 Å². The molecule has 1 fully saturated rings. The maximum absolute atomic E-state index is 5.69. The second-order valence-corrected chi connectivity index (χ2v) is 4.07. The van der Waals surface area contributed by atoms with E-state index in [-0.39, 0.29) is 0 Å². The molecule has 0 aromatic carbocycles. The van der Waals surface area contributed by atoms with Gasteiger partial charge in [-0.1, -0.05) is 0 Å². The van der Waals surface area contributed by atoms with E-state index in [9.17, 15) is 0 Å². The van der Waals surface area contributed by atoms with Gasteiger partial charge in [-0.2, -0.15) is 5.10 Å². The molecule has 1 aromatic heterocycles. The van der Waals surface area contributed by atoms with Crippen molar-refractivity contribution >= 4 is 0 Å². The van der Waals surface area contributed by atoms with Gasteiger partial charge in [0, 0.05) is 13.1 Å². The normalized spacial score (nSPS) is 26.2. The monoisotopic (exact) mass is 195 g/mol. The fraction of sp³-hybridized carbons (Fsp3) is 0.700. The minimum absolute atomic E-state index is 0.355. The van der Waals surface area contributed by atoms with Gasteiger partial charge in [-0.3, -0.25) is 4.68 Å². The molecule has 0 saturated heterocycles. The smallest absolute Gasteiger partial charge is 0.0888 e. The van der Waals surface area contributed by atoms with E-state index in [0.717, 1.165) is 24.2 Å². The van der Waals surface area contributed by atoms with Crippen LogP contribution in [0.3, 0.4) is 0 Å². The summed E-state index contributed by atoms with van der Waals surface area (Å²) >= 11 is 0. The summed E-state index contributed by atoms with van der Waals surface area (Å²) < 4.78 is 7.56. The third kappa shape index (κ3) is 1.96. The van der Waals surface area contributed by atoms with Crippen molar-refractivity contribution in [3.05, 3.63) is 17.5 Å². The molecule has 1 aliphatic carbocycles. The van der Waals surface area contributed by atoms with Gasteiger partial charge < -0.3 is 10.5 Å². The van der Waals surface area contributed by atoms with Crippen LogP contribution in [0.2, 0.25) is 0 Å². The van der Waals surface area contributed by atoms with Crippen LogP contribution in [-0.2, 0) is 18.4 Å². The van der Waals surface area contributed by atoms with E-state index in [1.807, 2.05) is 18.7 Å². The van der Waals surface area contributed by atoms with Crippen molar-refractivity contribution in [2.75, 3.05) is 0 Å². The summed E-state index contributed by atoms with van der Waals surface area (Å²) in [5, 5.41) is 4.26. The third-order valence-electron chi connectivity index (χ3n) is 2.70. The Balaban J connectivity index is 1.83. The Labute approximate surface area is 84.0 Å². The van der Waals surface area contributed by atoms with Crippen LogP contribution < -0.4 is 5.73 Å².